The second kappa shape index (κ2) is 5.77. The Bertz CT molecular complexity index is 593. The molecule has 0 spiro atoms. The maximum absolute atomic E-state index is 5.83. The summed E-state index contributed by atoms with van der Waals surface area (Å²) in [4.78, 5) is 10.8. The van der Waals surface area contributed by atoms with E-state index >= 15 is 0 Å². The number of anilines is 4. The fourth-order valence-electron chi connectivity index (χ4n) is 1.82. The van der Waals surface area contributed by atoms with E-state index in [-0.39, 0.29) is 5.92 Å². The Morgan fingerprint density at radius 2 is 1.90 bits per heavy atom. The van der Waals surface area contributed by atoms with Crippen molar-refractivity contribution in [1.82, 2.24) is 9.97 Å². The molecule has 0 aliphatic carbocycles. The summed E-state index contributed by atoms with van der Waals surface area (Å²) in [5.41, 5.74) is 7.93. The Balaban J connectivity index is 2.27. The number of nitrogen functional groups attached to an aromatic ring is 1. The van der Waals surface area contributed by atoms with Gasteiger partial charge in [-0.25, -0.2) is 9.97 Å². The Kier molecular flexibility index (Phi) is 4.08. The van der Waals surface area contributed by atoms with E-state index in [4.69, 9.17) is 5.73 Å². The molecule has 5 heteroatoms. The van der Waals surface area contributed by atoms with Crippen LogP contribution in [0.2, 0.25) is 0 Å². The summed E-state index contributed by atoms with van der Waals surface area (Å²) in [5, 5.41) is 3.28. The molecule has 5 nitrogen and oxygen atoms in total. The molecule has 2 rings (SSSR count). The van der Waals surface area contributed by atoms with Crippen LogP contribution in [0.5, 0.6) is 0 Å². The fourth-order valence-corrected chi connectivity index (χ4v) is 1.82. The summed E-state index contributed by atoms with van der Waals surface area (Å²) in [6.45, 7) is 4.09. The van der Waals surface area contributed by atoms with Crippen LogP contribution in [0.15, 0.2) is 30.3 Å². The van der Waals surface area contributed by atoms with Crippen LogP contribution in [-0.4, -0.2) is 24.1 Å². The maximum Gasteiger partial charge on any atom is 0.136 e. The molecule has 20 heavy (non-hydrogen) atoms. The predicted molar refractivity (Wildman–Crippen MR) is 84.6 cm³/mol. The maximum atomic E-state index is 5.83. The molecule has 2 aromatic rings. The lowest BCUT2D eigenvalue weighted by Gasteiger charge is -2.15. The lowest BCUT2D eigenvalue weighted by Crippen LogP contribution is -2.09. The van der Waals surface area contributed by atoms with E-state index in [1.165, 1.54) is 0 Å². The molecule has 106 valence electrons. The number of nitrogens with zero attached hydrogens (tertiary/aromatic N) is 3. The van der Waals surface area contributed by atoms with Gasteiger partial charge < -0.3 is 16.0 Å². The summed E-state index contributed by atoms with van der Waals surface area (Å²) in [7, 11) is 4.03. The molecule has 0 bridgehead atoms. The first-order chi connectivity index (χ1) is 9.45. The molecule has 0 radical (unpaired) electrons. The Labute approximate surface area is 119 Å². The monoisotopic (exact) mass is 271 g/mol. The summed E-state index contributed by atoms with van der Waals surface area (Å²) in [6.07, 6.45) is 0. The van der Waals surface area contributed by atoms with Gasteiger partial charge in [-0.05, 0) is 18.2 Å². The number of rotatable bonds is 4. The molecular formula is C15H21N5. The van der Waals surface area contributed by atoms with Gasteiger partial charge in [0.15, 0.2) is 0 Å². The Morgan fingerprint density at radius 1 is 1.15 bits per heavy atom. The lowest BCUT2D eigenvalue weighted by atomic mass is 10.2. The standard InChI is InChI=1S/C15H21N5/c1-10(2)15-18-13(16)9-14(19-15)17-11-6-5-7-12(8-11)20(3)4/h5-10H,1-4H3,(H3,16,17,18,19). The van der Waals surface area contributed by atoms with E-state index in [0.717, 1.165) is 23.0 Å². The van der Waals surface area contributed by atoms with Gasteiger partial charge in [0.1, 0.15) is 17.5 Å². The molecule has 1 heterocycles. The first-order valence-corrected chi connectivity index (χ1v) is 6.64. The summed E-state index contributed by atoms with van der Waals surface area (Å²) >= 11 is 0. The van der Waals surface area contributed by atoms with Crippen LogP contribution in [0, 0.1) is 0 Å². The number of nitrogens with one attached hydrogen (secondary N) is 1. The summed E-state index contributed by atoms with van der Waals surface area (Å²) in [6, 6.07) is 9.87. The van der Waals surface area contributed by atoms with Crippen LogP contribution in [-0.2, 0) is 0 Å². The van der Waals surface area contributed by atoms with Gasteiger partial charge in [-0.15, -0.1) is 0 Å². The van der Waals surface area contributed by atoms with Crippen LogP contribution in [0.4, 0.5) is 23.0 Å². The second-order valence-corrected chi connectivity index (χ2v) is 5.26. The zero-order chi connectivity index (χ0) is 14.7. The van der Waals surface area contributed by atoms with Crippen LogP contribution >= 0.6 is 0 Å². The van der Waals surface area contributed by atoms with E-state index in [1.54, 1.807) is 6.07 Å². The van der Waals surface area contributed by atoms with Gasteiger partial charge in [0.05, 0.1) is 0 Å². The molecule has 0 saturated carbocycles. The van der Waals surface area contributed by atoms with Gasteiger partial charge >= 0.3 is 0 Å². The minimum atomic E-state index is 0.243. The van der Waals surface area contributed by atoms with Gasteiger partial charge in [0.25, 0.3) is 0 Å². The van der Waals surface area contributed by atoms with Crippen molar-refractivity contribution in [3.05, 3.63) is 36.2 Å². The molecule has 0 aliphatic rings. The minimum absolute atomic E-state index is 0.243. The zero-order valence-electron chi connectivity index (χ0n) is 12.4. The van der Waals surface area contributed by atoms with Gasteiger partial charge in [-0.1, -0.05) is 19.9 Å². The molecular weight excluding hydrogens is 250 g/mol. The molecule has 0 saturated heterocycles. The molecule has 0 amide bonds. The Hall–Kier alpha value is -2.30. The van der Waals surface area contributed by atoms with Crippen molar-refractivity contribution in [3.63, 3.8) is 0 Å². The van der Waals surface area contributed by atoms with Gasteiger partial charge in [0.2, 0.25) is 0 Å². The van der Waals surface area contributed by atoms with Gasteiger partial charge in [-0.2, -0.15) is 0 Å². The van der Waals surface area contributed by atoms with Gasteiger partial charge in [-0.3, -0.25) is 0 Å². The molecule has 0 atom stereocenters. The van der Waals surface area contributed by atoms with Crippen LogP contribution in [0.3, 0.4) is 0 Å². The zero-order valence-corrected chi connectivity index (χ0v) is 12.4. The predicted octanol–water partition coefficient (Wildman–Crippen LogP) is 2.99. The van der Waals surface area contributed by atoms with Crippen LogP contribution < -0.4 is 16.0 Å². The highest BCUT2D eigenvalue weighted by atomic mass is 15.1. The van der Waals surface area contributed by atoms with Crippen molar-refractivity contribution in [3.8, 4) is 0 Å². The number of benzene rings is 1. The molecule has 0 aliphatic heterocycles. The van der Waals surface area contributed by atoms with Crippen molar-refractivity contribution >= 4 is 23.0 Å². The number of hydrogen-bond donors (Lipinski definition) is 2. The van der Waals surface area contributed by atoms with Gasteiger partial charge in [0, 0.05) is 37.5 Å². The number of aromatic nitrogens is 2. The lowest BCUT2D eigenvalue weighted by molar-refractivity contribution is 0.779. The molecule has 0 unspecified atom stereocenters. The smallest absolute Gasteiger partial charge is 0.136 e. The van der Waals surface area contributed by atoms with Crippen LogP contribution in [0.1, 0.15) is 25.6 Å². The van der Waals surface area contributed by atoms with Crippen molar-refractivity contribution in [2.45, 2.75) is 19.8 Å². The third-order valence-corrected chi connectivity index (χ3v) is 2.91. The quantitative estimate of drug-likeness (QED) is 0.894. The van der Waals surface area contributed by atoms with Crippen LogP contribution in [0.25, 0.3) is 0 Å². The van der Waals surface area contributed by atoms with E-state index in [2.05, 4.69) is 32.3 Å². The third-order valence-electron chi connectivity index (χ3n) is 2.91. The summed E-state index contributed by atoms with van der Waals surface area (Å²) in [5.74, 6) is 2.19. The first-order valence-electron chi connectivity index (χ1n) is 6.64. The SMILES string of the molecule is CC(C)c1nc(N)cc(Nc2cccc(N(C)C)c2)n1. The molecule has 1 aromatic heterocycles. The van der Waals surface area contributed by atoms with Crippen molar-refractivity contribution in [1.29, 1.82) is 0 Å². The minimum Gasteiger partial charge on any atom is -0.384 e. The van der Waals surface area contributed by atoms with Crippen molar-refractivity contribution in [2.24, 2.45) is 0 Å². The van der Waals surface area contributed by atoms with E-state index in [1.807, 2.05) is 40.1 Å². The second-order valence-electron chi connectivity index (χ2n) is 5.26. The average molecular weight is 271 g/mol. The largest absolute Gasteiger partial charge is 0.384 e. The number of hydrogen-bond acceptors (Lipinski definition) is 5. The van der Waals surface area contributed by atoms with E-state index in [9.17, 15) is 0 Å². The number of nitrogens with two attached hydrogens (primary N) is 1. The topological polar surface area (TPSA) is 67.1 Å². The Morgan fingerprint density at radius 3 is 2.55 bits per heavy atom. The molecule has 0 fully saturated rings. The highest BCUT2D eigenvalue weighted by molar-refractivity contribution is 5.64. The first kappa shape index (κ1) is 14.1. The normalized spacial score (nSPS) is 10.7. The van der Waals surface area contributed by atoms with Crippen molar-refractivity contribution in [2.75, 3.05) is 30.0 Å². The molecule has 1 aromatic carbocycles. The third kappa shape index (κ3) is 3.38. The van der Waals surface area contributed by atoms with E-state index < -0.39 is 0 Å². The highest BCUT2D eigenvalue weighted by Gasteiger charge is 2.07. The molecule has 3 N–H and O–H groups in total. The average Bonchev–Trinajstić information content (AvgIpc) is 2.38. The fraction of sp³-hybridized carbons (Fsp3) is 0.333. The summed E-state index contributed by atoms with van der Waals surface area (Å²) < 4.78 is 0. The highest BCUT2D eigenvalue weighted by Crippen LogP contribution is 2.22. The van der Waals surface area contributed by atoms with Crippen molar-refractivity contribution < 1.29 is 0 Å². The van der Waals surface area contributed by atoms with E-state index in [0.29, 0.717) is 5.82 Å².